The molecule has 0 heterocycles. The van der Waals surface area contributed by atoms with Crippen LogP contribution in [0.2, 0.25) is 6.04 Å². The summed E-state index contributed by atoms with van der Waals surface area (Å²) in [5.74, 6) is 0.547. The second-order valence-electron chi connectivity index (χ2n) is 3.66. The van der Waals surface area contributed by atoms with Crippen LogP contribution in [-0.2, 0) is 0 Å². The Morgan fingerprint density at radius 3 is 1.47 bits per heavy atom. The summed E-state index contributed by atoms with van der Waals surface area (Å²) in [4.78, 5) is 0. The molecule has 0 unspecified atom stereocenters. The fourth-order valence-electron chi connectivity index (χ4n) is 1.90. The van der Waals surface area contributed by atoms with Gasteiger partial charge in [0.25, 0.3) is 0 Å². The van der Waals surface area contributed by atoms with Gasteiger partial charge in [-0.2, -0.15) is 0 Å². The Bertz CT molecular complexity index is 355. The average molecular weight is 211 g/mol. The van der Waals surface area contributed by atoms with Crippen molar-refractivity contribution in [1.82, 2.24) is 0 Å². The van der Waals surface area contributed by atoms with Crippen molar-refractivity contribution in [1.29, 1.82) is 0 Å². The second-order valence-corrected chi connectivity index (χ2v) is 4.24. The van der Waals surface area contributed by atoms with Gasteiger partial charge < -0.3 is 0 Å². The van der Waals surface area contributed by atoms with Crippen LogP contribution in [0.4, 0.5) is 0 Å². The zero-order chi connectivity index (χ0) is 10.5. The van der Waals surface area contributed by atoms with Crippen molar-refractivity contribution in [2.45, 2.75) is 12.0 Å². The molecule has 1 heteroatoms. The lowest BCUT2D eigenvalue weighted by atomic mass is 9.93. The first kappa shape index (κ1) is 10.2. The Morgan fingerprint density at radius 1 is 0.733 bits per heavy atom. The summed E-state index contributed by atoms with van der Waals surface area (Å²) in [6, 6.07) is 22.6. The Balaban J connectivity index is 2.34. The predicted molar refractivity (Wildman–Crippen MR) is 68.1 cm³/mol. The first-order chi connectivity index (χ1) is 7.42. The van der Waals surface area contributed by atoms with Gasteiger partial charge >= 0.3 is 0 Å². The lowest BCUT2D eigenvalue weighted by molar-refractivity contribution is 0.919. The van der Waals surface area contributed by atoms with Crippen molar-refractivity contribution in [2.24, 2.45) is 0 Å². The molecule has 0 aromatic heterocycles. The van der Waals surface area contributed by atoms with E-state index in [2.05, 4.69) is 60.7 Å². The van der Waals surface area contributed by atoms with Gasteiger partial charge in [0.1, 0.15) is 0 Å². The van der Waals surface area contributed by atoms with Crippen molar-refractivity contribution < 1.29 is 0 Å². The summed E-state index contributed by atoms with van der Waals surface area (Å²) in [6.07, 6.45) is 0. The van der Waals surface area contributed by atoms with Crippen LogP contribution in [0.3, 0.4) is 0 Å². The molecule has 0 aliphatic rings. The molecule has 2 aromatic rings. The van der Waals surface area contributed by atoms with E-state index in [4.69, 9.17) is 0 Å². The number of hydrogen-bond acceptors (Lipinski definition) is 0. The second kappa shape index (κ2) is 4.94. The molecular formula is C14H15Si. The van der Waals surface area contributed by atoms with E-state index in [1.54, 1.807) is 0 Å². The maximum atomic E-state index is 2.21. The summed E-state index contributed by atoms with van der Waals surface area (Å²) in [7, 11) is 2.04. The van der Waals surface area contributed by atoms with Gasteiger partial charge in [-0.3, -0.25) is 0 Å². The van der Waals surface area contributed by atoms with Gasteiger partial charge in [0.2, 0.25) is 0 Å². The van der Waals surface area contributed by atoms with E-state index in [0.29, 0.717) is 5.92 Å². The van der Waals surface area contributed by atoms with Crippen molar-refractivity contribution in [3.05, 3.63) is 71.8 Å². The maximum Gasteiger partial charge on any atom is 0.00920 e. The average Bonchev–Trinajstić information content (AvgIpc) is 2.33. The molecule has 0 bridgehead atoms. The van der Waals surface area contributed by atoms with Crippen LogP contribution in [-0.4, -0.2) is 10.2 Å². The summed E-state index contributed by atoms with van der Waals surface area (Å²) in [5.41, 5.74) is 2.83. The quantitative estimate of drug-likeness (QED) is 0.685. The fraction of sp³-hybridized carbons (Fsp3) is 0.143. The monoisotopic (exact) mass is 211 g/mol. The van der Waals surface area contributed by atoms with Gasteiger partial charge in [-0.1, -0.05) is 66.7 Å². The van der Waals surface area contributed by atoms with Crippen molar-refractivity contribution in [3.8, 4) is 0 Å². The zero-order valence-electron chi connectivity index (χ0n) is 8.77. The van der Waals surface area contributed by atoms with Gasteiger partial charge in [-0.25, -0.2) is 0 Å². The molecule has 0 aliphatic carbocycles. The van der Waals surface area contributed by atoms with Crippen LogP contribution < -0.4 is 0 Å². The topological polar surface area (TPSA) is 0 Å². The smallest absolute Gasteiger partial charge is 0.00920 e. The first-order valence-corrected chi connectivity index (χ1v) is 6.31. The Hall–Kier alpha value is -1.34. The molecule has 0 atom stereocenters. The largest absolute Gasteiger partial charge is 0.0622 e. The van der Waals surface area contributed by atoms with Crippen LogP contribution in [0.15, 0.2) is 60.7 Å². The van der Waals surface area contributed by atoms with E-state index >= 15 is 0 Å². The molecule has 0 aliphatic heterocycles. The Kier molecular flexibility index (Phi) is 3.35. The Morgan fingerprint density at radius 2 is 1.13 bits per heavy atom. The molecule has 1 radical (unpaired) electrons. The molecule has 0 saturated heterocycles. The molecule has 0 fully saturated rings. The third kappa shape index (κ3) is 2.36. The van der Waals surface area contributed by atoms with Crippen LogP contribution >= 0.6 is 0 Å². The van der Waals surface area contributed by atoms with E-state index in [-0.39, 0.29) is 0 Å². The molecule has 0 amide bonds. The lowest BCUT2D eigenvalue weighted by Crippen LogP contribution is -1.99. The highest BCUT2D eigenvalue weighted by molar-refractivity contribution is 6.09. The summed E-state index contributed by atoms with van der Waals surface area (Å²) in [5, 5.41) is 0. The SMILES string of the molecule is [SiH2]CC(c1ccccc1)c1ccccc1. The zero-order valence-corrected chi connectivity index (χ0v) is 10.2. The minimum atomic E-state index is 0.547. The summed E-state index contributed by atoms with van der Waals surface area (Å²) in [6.45, 7) is 0. The third-order valence-electron chi connectivity index (χ3n) is 2.69. The molecule has 2 aromatic carbocycles. The van der Waals surface area contributed by atoms with Crippen molar-refractivity contribution in [2.75, 3.05) is 0 Å². The minimum Gasteiger partial charge on any atom is -0.0622 e. The predicted octanol–water partition coefficient (Wildman–Crippen LogP) is 2.87. The first-order valence-electron chi connectivity index (χ1n) is 5.31. The highest BCUT2D eigenvalue weighted by Crippen LogP contribution is 2.26. The molecule has 0 spiro atoms. The highest BCUT2D eigenvalue weighted by atomic mass is 28.1. The number of rotatable bonds is 3. The minimum absolute atomic E-state index is 0.547. The van der Waals surface area contributed by atoms with E-state index in [0.717, 1.165) is 0 Å². The van der Waals surface area contributed by atoms with Gasteiger partial charge in [-0.05, 0) is 11.1 Å². The molecule has 75 valence electrons. The van der Waals surface area contributed by atoms with E-state index < -0.39 is 0 Å². The van der Waals surface area contributed by atoms with Crippen LogP contribution in [0.1, 0.15) is 17.0 Å². The standard InChI is InChI=1S/C14H15Si/c15-11-14(12-7-3-1-4-8-12)13-9-5-2-6-10-13/h1-10,14H,11,15H2. The van der Waals surface area contributed by atoms with Gasteiger partial charge in [0, 0.05) is 16.2 Å². The fourth-order valence-corrected chi connectivity index (χ4v) is 2.56. The molecule has 0 nitrogen and oxygen atoms in total. The Labute approximate surface area is 94.4 Å². The van der Waals surface area contributed by atoms with E-state index in [9.17, 15) is 0 Å². The summed E-state index contributed by atoms with van der Waals surface area (Å²) < 4.78 is 0. The highest BCUT2D eigenvalue weighted by Gasteiger charge is 2.10. The molecule has 2 rings (SSSR count). The van der Waals surface area contributed by atoms with Crippen LogP contribution in [0.25, 0.3) is 0 Å². The van der Waals surface area contributed by atoms with Crippen LogP contribution in [0, 0.1) is 0 Å². The number of hydrogen-bond donors (Lipinski definition) is 0. The number of benzene rings is 2. The van der Waals surface area contributed by atoms with Crippen molar-refractivity contribution in [3.63, 3.8) is 0 Å². The third-order valence-corrected chi connectivity index (χ3v) is 3.27. The molecule has 15 heavy (non-hydrogen) atoms. The van der Waals surface area contributed by atoms with Gasteiger partial charge in [0.05, 0.1) is 0 Å². The molecule has 0 saturated carbocycles. The van der Waals surface area contributed by atoms with Gasteiger partial charge in [-0.15, -0.1) is 0 Å². The van der Waals surface area contributed by atoms with Gasteiger partial charge in [0.15, 0.2) is 0 Å². The maximum absolute atomic E-state index is 2.21. The lowest BCUT2D eigenvalue weighted by Gasteiger charge is -2.15. The molecular weight excluding hydrogens is 196 g/mol. The normalized spacial score (nSPS) is 10.5. The van der Waals surface area contributed by atoms with E-state index in [1.165, 1.54) is 17.2 Å². The van der Waals surface area contributed by atoms with Crippen molar-refractivity contribution >= 4 is 10.2 Å². The van der Waals surface area contributed by atoms with Crippen LogP contribution in [0.5, 0.6) is 0 Å². The summed E-state index contributed by atoms with van der Waals surface area (Å²) >= 11 is 0. The molecule has 0 N–H and O–H groups in total. The van der Waals surface area contributed by atoms with E-state index in [1.807, 2.05) is 10.2 Å².